The fourth-order valence-corrected chi connectivity index (χ4v) is 0.940. The molecule has 0 saturated carbocycles. The molecule has 0 spiro atoms. The lowest BCUT2D eigenvalue weighted by Gasteiger charge is -2.23. The lowest BCUT2D eigenvalue weighted by molar-refractivity contribution is -0.864. The van der Waals surface area contributed by atoms with Crippen LogP contribution in [0.5, 0.6) is 0 Å². The van der Waals surface area contributed by atoms with E-state index in [1.807, 2.05) is 0 Å². The van der Waals surface area contributed by atoms with Gasteiger partial charge in [0, 0.05) is 12.8 Å². The van der Waals surface area contributed by atoms with E-state index in [4.69, 9.17) is 10.2 Å². The molecule has 0 aromatic carbocycles. The number of unbranched alkanes of at least 4 members (excludes halogenated alkanes) is 1. The Hall–Kier alpha value is -1.63. The molecular weight excluding hydrogens is 242 g/mol. The van der Waals surface area contributed by atoms with Gasteiger partial charge < -0.3 is 24.6 Å². The van der Waals surface area contributed by atoms with Crippen LogP contribution in [-0.4, -0.2) is 60.3 Å². The average Bonchev–Trinajstić information content (AvgIpc) is 2.08. The molecule has 0 heterocycles. The van der Waals surface area contributed by atoms with Crippen molar-refractivity contribution in [3.8, 4) is 0 Å². The molecule has 7 nitrogen and oxygen atoms in total. The van der Waals surface area contributed by atoms with Gasteiger partial charge in [-0.3, -0.25) is 9.59 Å². The molecule has 0 amide bonds. The number of hydrogen-bond acceptors (Lipinski definition) is 4. The predicted molar refractivity (Wildman–Crippen MR) is 61.6 cm³/mol. The molecule has 0 aromatic rings. The van der Waals surface area contributed by atoms with Gasteiger partial charge in [0.1, 0.15) is 6.54 Å². The van der Waals surface area contributed by atoms with E-state index in [9.17, 15) is 19.5 Å². The molecule has 2 N–H and O–H groups in total. The zero-order valence-electron chi connectivity index (χ0n) is 11.0. The molecule has 0 unspecified atom stereocenters. The first-order valence-corrected chi connectivity index (χ1v) is 5.48. The van der Waals surface area contributed by atoms with Crippen molar-refractivity contribution in [2.45, 2.75) is 25.7 Å². The number of aliphatic carboxylic acids is 3. The largest absolute Gasteiger partial charge is 0.544 e. The summed E-state index contributed by atoms with van der Waals surface area (Å²) < 4.78 is 0.419. The minimum Gasteiger partial charge on any atom is -0.544 e. The molecule has 0 radical (unpaired) electrons. The molecular formula is C11H21NO6. The highest BCUT2D eigenvalue weighted by molar-refractivity contribution is 5.68. The number of likely N-dealkylation sites (N-methyl/N-ethyl adjacent to an activating group) is 1. The van der Waals surface area contributed by atoms with E-state index in [1.165, 1.54) is 0 Å². The van der Waals surface area contributed by atoms with Crippen molar-refractivity contribution in [1.82, 2.24) is 0 Å². The maximum atomic E-state index is 9.90. The van der Waals surface area contributed by atoms with E-state index in [-0.39, 0.29) is 19.4 Å². The van der Waals surface area contributed by atoms with Crippen LogP contribution in [0.25, 0.3) is 0 Å². The second-order valence-corrected chi connectivity index (χ2v) is 4.82. The Morgan fingerprint density at radius 1 is 0.944 bits per heavy atom. The molecule has 0 atom stereocenters. The van der Waals surface area contributed by atoms with Crippen LogP contribution in [0.3, 0.4) is 0 Å². The van der Waals surface area contributed by atoms with E-state index in [0.29, 0.717) is 17.3 Å². The Morgan fingerprint density at radius 3 is 1.39 bits per heavy atom. The highest BCUT2D eigenvalue weighted by atomic mass is 16.4. The van der Waals surface area contributed by atoms with Gasteiger partial charge in [0.2, 0.25) is 0 Å². The van der Waals surface area contributed by atoms with Crippen molar-refractivity contribution in [2.24, 2.45) is 0 Å². The third kappa shape index (κ3) is 23.9. The van der Waals surface area contributed by atoms with Gasteiger partial charge in [0.15, 0.2) is 0 Å². The van der Waals surface area contributed by atoms with Crippen LogP contribution in [0, 0.1) is 0 Å². The number of hydrogen-bond donors (Lipinski definition) is 2. The van der Waals surface area contributed by atoms with Crippen LogP contribution in [0.4, 0.5) is 0 Å². The van der Waals surface area contributed by atoms with Crippen LogP contribution >= 0.6 is 0 Å². The van der Waals surface area contributed by atoms with Crippen LogP contribution in [0.1, 0.15) is 25.7 Å². The van der Waals surface area contributed by atoms with Crippen molar-refractivity contribution in [3.05, 3.63) is 0 Å². The summed E-state index contributed by atoms with van der Waals surface area (Å²) in [6.07, 6.45) is 1.02. The SMILES string of the molecule is C[N+](C)(C)CC(=O)[O-].O=C(O)CCCCC(=O)O. The first-order valence-electron chi connectivity index (χ1n) is 5.48. The standard InChI is InChI=1S/C6H10O4.C5H11NO2/c7-5(8)3-1-2-4-6(9)10;1-6(2,3)4-5(7)8/h1-4H2,(H,7,8)(H,9,10);4H2,1-3H3. The van der Waals surface area contributed by atoms with Crippen molar-refractivity contribution in [3.63, 3.8) is 0 Å². The Morgan fingerprint density at radius 2 is 1.28 bits per heavy atom. The highest BCUT2D eigenvalue weighted by Gasteiger charge is 2.04. The number of carbonyl (C=O) groups is 3. The summed E-state index contributed by atoms with van der Waals surface area (Å²) in [6, 6.07) is 0. The highest BCUT2D eigenvalue weighted by Crippen LogP contribution is 1.98. The zero-order chi connectivity index (χ0) is 14.8. The Bertz CT molecular complexity index is 266. The molecule has 0 aliphatic rings. The third-order valence-electron chi connectivity index (χ3n) is 1.63. The average molecular weight is 263 g/mol. The van der Waals surface area contributed by atoms with Crippen LogP contribution in [0.2, 0.25) is 0 Å². The predicted octanol–water partition coefficient (Wildman–Crippen LogP) is -0.841. The number of carboxylic acid groups (broad SMARTS) is 3. The summed E-state index contributed by atoms with van der Waals surface area (Å²) in [5.41, 5.74) is 0. The number of rotatable bonds is 7. The van der Waals surface area contributed by atoms with Crippen LogP contribution in [0.15, 0.2) is 0 Å². The third-order valence-corrected chi connectivity index (χ3v) is 1.63. The Balaban J connectivity index is 0. The van der Waals surface area contributed by atoms with E-state index in [0.717, 1.165) is 0 Å². The monoisotopic (exact) mass is 263 g/mol. The van der Waals surface area contributed by atoms with Crippen molar-refractivity contribution >= 4 is 17.9 Å². The summed E-state index contributed by atoms with van der Waals surface area (Å²) in [7, 11) is 5.40. The maximum absolute atomic E-state index is 9.90. The van der Waals surface area contributed by atoms with Gasteiger partial charge in [0.25, 0.3) is 0 Å². The smallest absolute Gasteiger partial charge is 0.303 e. The van der Waals surface area contributed by atoms with Gasteiger partial charge in [-0.1, -0.05) is 0 Å². The Labute approximate surface area is 106 Å². The minimum absolute atomic E-state index is 0.0628. The van der Waals surface area contributed by atoms with E-state index >= 15 is 0 Å². The number of nitrogens with zero attached hydrogens (tertiary/aromatic N) is 1. The van der Waals surface area contributed by atoms with Crippen molar-refractivity contribution in [1.29, 1.82) is 0 Å². The summed E-state index contributed by atoms with van der Waals surface area (Å²) in [5.74, 6) is -2.74. The van der Waals surface area contributed by atoms with Gasteiger partial charge in [0.05, 0.1) is 27.1 Å². The molecule has 7 heteroatoms. The molecule has 0 saturated heterocycles. The maximum Gasteiger partial charge on any atom is 0.303 e. The fourth-order valence-electron chi connectivity index (χ4n) is 0.940. The first-order chi connectivity index (χ1) is 8.04. The van der Waals surface area contributed by atoms with Gasteiger partial charge in [-0.15, -0.1) is 0 Å². The molecule has 0 bridgehead atoms. The lowest BCUT2D eigenvalue weighted by atomic mass is 10.2. The molecule has 0 aliphatic heterocycles. The van der Waals surface area contributed by atoms with Crippen molar-refractivity contribution < 1.29 is 34.2 Å². The van der Waals surface area contributed by atoms with Crippen molar-refractivity contribution in [2.75, 3.05) is 27.7 Å². The number of quaternary nitrogens is 1. The summed E-state index contributed by atoms with van der Waals surface area (Å²) >= 11 is 0. The summed E-state index contributed by atoms with van der Waals surface area (Å²) in [5, 5.41) is 26.2. The lowest BCUT2D eigenvalue weighted by Crippen LogP contribution is -2.45. The molecule has 0 fully saturated rings. The van der Waals surface area contributed by atoms with Gasteiger partial charge in [-0.25, -0.2) is 0 Å². The van der Waals surface area contributed by atoms with Crippen LogP contribution in [-0.2, 0) is 14.4 Å². The minimum atomic E-state index is -1.00. The Kier molecular flexibility index (Phi) is 9.79. The van der Waals surface area contributed by atoms with Crippen LogP contribution < -0.4 is 5.11 Å². The van der Waals surface area contributed by atoms with Gasteiger partial charge in [-0.2, -0.15) is 0 Å². The van der Waals surface area contributed by atoms with E-state index < -0.39 is 17.9 Å². The summed E-state index contributed by atoms with van der Waals surface area (Å²) in [6.45, 7) is 0.0694. The second-order valence-electron chi connectivity index (χ2n) is 4.82. The summed E-state index contributed by atoms with van der Waals surface area (Å²) in [4.78, 5) is 29.7. The van der Waals surface area contributed by atoms with Gasteiger partial charge in [-0.05, 0) is 12.8 Å². The zero-order valence-corrected chi connectivity index (χ0v) is 11.0. The topological polar surface area (TPSA) is 115 Å². The molecule has 0 aliphatic carbocycles. The molecule has 0 aromatic heterocycles. The van der Waals surface area contributed by atoms with Gasteiger partial charge >= 0.3 is 11.9 Å². The normalized spacial score (nSPS) is 10.2. The molecule has 18 heavy (non-hydrogen) atoms. The molecule has 0 rings (SSSR count). The quantitative estimate of drug-likeness (QED) is 0.457. The number of carboxylic acids is 3. The fraction of sp³-hybridized carbons (Fsp3) is 0.727. The van der Waals surface area contributed by atoms with E-state index in [1.54, 1.807) is 21.1 Å². The number of carbonyl (C=O) groups excluding carboxylic acids is 1. The first kappa shape index (κ1) is 18.7. The molecule has 106 valence electrons. The second kappa shape index (κ2) is 9.41. The van der Waals surface area contributed by atoms with E-state index in [2.05, 4.69) is 0 Å².